The molecule has 0 N–H and O–H groups in total. The van der Waals surface area contributed by atoms with Crippen LogP contribution in [0.2, 0.25) is 0 Å². The molecule has 0 bridgehead atoms. The molecule has 0 fully saturated rings. The zero-order valence-electron chi connectivity index (χ0n) is 31.8. The molecular weight excluding hydrogens is 553 g/mol. The van der Waals surface area contributed by atoms with Crippen LogP contribution in [-0.2, 0) is 0 Å². The molecule has 0 saturated heterocycles. The van der Waals surface area contributed by atoms with Gasteiger partial charge in [0.25, 0.3) is 0 Å². The summed E-state index contributed by atoms with van der Waals surface area (Å²) in [6.45, 7) is 0. The van der Waals surface area contributed by atoms with Crippen molar-refractivity contribution in [3.63, 3.8) is 0 Å². The van der Waals surface area contributed by atoms with Crippen molar-refractivity contribution in [2.24, 2.45) is 0 Å². The molecule has 0 unspecified atom stereocenters. The maximum Gasteiger partial charge on any atom is 0.0636 e. The van der Waals surface area contributed by atoms with Crippen LogP contribution in [0.1, 0.15) is 9.60 Å². The van der Waals surface area contributed by atoms with Crippen LogP contribution in [0.15, 0.2) is 182 Å². The van der Waals surface area contributed by atoms with E-state index in [0.29, 0.717) is 44.2 Å². The summed E-state index contributed by atoms with van der Waals surface area (Å²) in [4.78, 5) is 0. The topological polar surface area (TPSA) is 0 Å². The molecule has 0 atom stereocenters. The van der Waals surface area contributed by atoms with E-state index >= 15 is 0 Å². The number of benzene rings is 9. The first-order chi connectivity index (χ1) is 25.8. The third-order valence-corrected chi connectivity index (χ3v) is 8.90. The van der Waals surface area contributed by atoms with Crippen molar-refractivity contribution in [1.82, 2.24) is 0 Å². The molecule has 0 nitrogen and oxygen atoms in total. The highest BCUT2D eigenvalue weighted by Gasteiger charge is 2.19. The first-order valence-electron chi connectivity index (χ1n) is 18.9. The maximum atomic E-state index is 10.1. The fraction of sp³-hybridized carbons (Fsp3) is 0. The van der Waals surface area contributed by atoms with Crippen LogP contribution in [0.5, 0.6) is 0 Å². The molecule has 0 aliphatic rings. The van der Waals surface area contributed by atoms with E-state index in [4.69, 9.17) is 2.74 Å². The van der Waals surface area contributed by atoms with E-state index < -0.39 is 0 Å². The summed E-state index contributed by atoms with van der Waals surface area (Å²) in [5.41, 5.74) is 5.10. The zero-order valence-corrected chi connectivity index (χ0v) is 24.8. The Kier molecular flexibility index (Phi) is 4.76. The summed E-state index contributed by atoms with van der Waals surface area (Å²) < 4.78 is 66.0. The van der Waals surface area contributed by atoms with Gasteiger partial charge in [-0.05, 0) is 93.6 Å². The summed E-state index contributed by atoms with van der Waals surface area (Å²) in [6.07, 6.45) is 0. The van der Waals surface area contributed by atoms with Crippen molar-refractivity contribution in [3.05, 3.63) is 182 Å². The molecule has 9 aromatic carbocycles. The van der Waals surface area contributed by atoms with Gasteiger partial charge >= 0.3 is 0 Å². The Bertz CT molecular complexity index is 2940. The fourth-order valence-electron chi connectivity index (χ4n) is 6.76. The van der Waals surface area contributed by atoms with Crippen molar-refractivity contribution < 1.29 is 9.60 Å². The molecule has 0 aliphatic heterocycles. The standard InChI is InChI=1S/C46H30/c1-2-12-31(13-3-1)32-24-26-35(27-25-32)45-41-20-8-9-21-42(41)46(40-23-11-17-34-15-5-7-19-38(34)40)43-29-28-36(30-44(43)45)39-22-10-16-33-14-4-6-18-37(33)39/h1-30H/i8D,9D,20D,21D,28D,29D,30D. The van der Waals surface area contributed by atoms with Crippen molar-refractivity contribution in [2.45, 2.75) is 0 Å². The second-order valence-corrected chi connectivity index (χ2v) is 11.5. The van der Waals surface area contributed by atoms with Gasteiger partial charge in [0, 0.05) is 0 Å². The molecule has 9 rings (SSSR count). The van der Waals surface area contributed by atoms with Crippen molar-refractivity contribution in [2.75, 3.05) is 0 Å². The lowest BCUT2D eigenvalue weighted by Gasteiger charge is -2.20. The van der Waals surface area contributed by atoms with E-state index in [9.17, 15) is 6.85 Å². The Morgan fingerprint density at radius 1 is 0.304 bits per heavy atom. The molecule has 0 radical (unpaired) electrons. The molecule has 0 saturated carbocycles. The molecule has 46 heavy (non-hydrogen) atoms. The molecule has 0 spiro atoms. The minimum atomic E-state index is -0.384. The Morgan fingerprint density at radius 2 is 0.826 bits per heavy atom. The summed E-state index contributed by atoms with van der Waals surface area (Å²) >= 11 is 0. The highest BCUT2D eigenvalue weighted by atomic mass is 14.2. The van der Waals surface area contributed by atoms with E-state index in [1.807, 2.05) is 140 Å². The van der Waals surface area contributed by atoms with Crippen molar-refractivity contribution >= 4 is 43.1 Å². The van der Waals surface area contributed by atoms with Crippen molar-refractivity contribution in [1.29, 1.82) is 0 Å². The van der Waals surface area contributed by atoms with Crippen LogP contribution in [0, 0.1) is 0 Å². The predicted octanol–water partition coefficient (Wildman–Crippen LogP) is 13.0. The van der Waals surface area contributed by atoms with Gasteiger partial charge in [0.05, 0.1) is 9.60 Å². The SMILES string of the molecule is [2H]c1c([2H])c([2H])c2c(-c3cccc4ccccc34)c3c([2H])c([2H])c(-c4cccc5ccccc45)c([2H])c3c(-c3ccc(-c4ccccc4)cc3)c2c1[2H]. The number of hydrogen-bond donors (Lipinski definition) is 0. The Hall–Kier alpha value is -5.98. The van der Waals surface area contributed by atoms with Gasteiger partial charge in [0.2, 0.25) is 0 Å². The molecule has 9 aromatic rings. The number of rotatable bonds is 4. The van der Waals surface area contributed by atoms with Crippen LogP contribution in [0.3, 0.4) is 0 Å². The van der Waals surface area contributed by atoms with Crippen LogP contribution in [-0.4, -0.2) is 0 Å². The second-order valence-electron chi connectivity index (χ2n) is 11.5. The van der Waals surface area contributed by atoms with E-state index in [0.717, 1.165) is 32.7 Å². The highest BCUT2D eigenvalue weighted by Crippen LogP contribution is 2.46. The molecule has 0 aromatic heterocycles. The highest BCUT2D eigenvalue weighted by molar-refractivity contribution is 6.24. The maximum absolute atomic E-state index is 10.1. The lowest BCUT2D eigenvalue weighted by atomic mass is 9.83. The summed E-state index contributed by atoms with van der Waals surface area (Å²) in [5.74, 6) is 0. The smallest absolute Gasteiger partial charge is 0.0622 e. The van der Waals surface area contributed by atoms with Gasteiger partial charge in [-0.15, -0.1) is 0 Å². The first-order valence-corrected chi connectivity index (χ1v) is 15.4. The largest absolute Gasteiger partial charge is 0.0636 e. The van der Waals surface area contributed by atoms with Gasteiger partial charge in [0.15, 0.2) is 0 Å². The lowest BCUT2D eigenvalue weighted by Crippen LogP contribution is -1.93. The van der Waals surface area contributed by atoms with Gasteiger partial charge in [-0.3, -0.25) is 0 Å². The van der Waals surface area contributed by atoms with Crippen LogP contribution >= 0.6 is 0 Å². The molecule has 214 valence electrons. The van der Waals surface area contributed by atoms with Gasteiger partial charge < -0.3 is 0 Å². The Labute approximate surface area is 278 Å². The average Bonchev–Trinajstić information content (AvgIpc) is 3.20. The third-order valence-electron chi connectivity index (χ3n) is 8.90. The normalized spacial score (nSPS) is 13.6. The van der Waals surface area contributed by atoms with Gasteiger partial charge in [-0.2, -0.15) is 0 Å². The zero-order chi connectivity index (χ0) is 36.5. The predicted molar refractivity (Wildman–Crippen MR) is 198 cm³/mol. The van der Waals surface area contributed by atoms with E-state index in [2.05, 4.69) is 0 Å². The Morgan fingerprint density at radius 3 is 1.54 bits per heavy atom. The minimum Gasteiger partial charge on any atom is -0.0622 e. The summed E-state index contributed by atoms with van der Waals surface area (Å²) in [7, 11) is 0. The monoisotopic (exact) mass is 589 g/mol. The Balaban J connectivity index is 1.54. The fourth-order valence-corrected chi connectivity index (χ4v) is 6.76. The molecular formula is C46H30. The van der Waals surface area contributed by atoms with Gasteiger partial charge in [-0.1, -0.05) is 176 Å². The molecule has 0 heteroatoms. The molecule has 0 aliphatic carbocycles. The van der Waals surface area contributed by atoms with E-state index in [1.54, 1.807) is 0 Å². The van der Waals surface area contributed by atoms with Crippen LogP contribution in [0.25, 0.3) is 87.6 Å². The second kappa shape index (κ2) is 10.9. The molecule has 0 amide bonds. The number of hydrogen-bond acceptors (Lipinski definition) is 0. The summed E-state index contributed by atoms with van der Waals surface area (Å²) in [5, 5.41) is 4.74. The van der Waals surface area contributed by atoms with Crippen LogP contribution < -0.4 is 0 Å². The summed E-state index contributed by atoms with van der Waals surface area (Å²) in [6, 6.07) is 43.5. The first kappa shape index (κ1) is 20.1. The quantitative estimate of drug-likeness (QED) is 0.179. The van der Waals surface area contributed by atoms with Gasteiger partial charge in [0.1, 0.15) is 0 Å². The molecule has 0 heterocycles. The van der Waals surface area contributed by atoms with Crippen LogP contribution in [0.4, 0.5) is 0 Å². The van der Waals surface area contributed by atoms with E-state index in [1.165, 1.54) is 0 Å². The van der Waals surface area contributed by atoms with E-state index in [-0.39, 0.29) is 53.1 Å². The number of fused-ring (bicyclic) bond motifs is 4. The third kappa shape index (κ3) is 4.30. The minimum absolute atomic E-state index is 0.0234. The lowest BCUT2D eigenvalue weighted by molar-refractivity contribution is 1.61. The van der Waals surface area contributed by atoms with Crippen molar-refractivity contribution in [3.8, 4) is 44.5 Å². The van der Waals surface area contributed by atoms with Gasteiger partial charge in [-0.25, -0.2) is 0 Å². The average molecular weight is 590 g/mol.